The summed E-state index contributed by atoms with van der Waals surface area (Å²) >= 11 is 0. The number of anilines is 1. The molecule has 0 heterocycles. The Morgan fingerprint density at radius 2 is 1.67 bits per heavy atom. The molecule has 0 radical (unpaired) electrons. The van der Waals surface area contributed by atoms with Crippen molar-refractivity contribution in [3.8, 4) is 11.5 Å². The number of hydrogen-bond acceptors (Lipinski definition) is 3. The van der Waals surface area contributed by atoms with Gasteiger partial charge in [-0.2, -0.15) is 0 Å². The van der Waals surface area contributed by atoms with Crippen LogP contribution in [0.1, 0.15) is 11.1 Å². The Morgan fingerprint density at radius 3 is 2.28 bits per heavy atom. The molecule has 0 saturated carbocycles. The van der Waals surface area contributed by atoms with Crippen molar-refractivity contribution in [1.82, 2.24) is 0 Å². The number of benzene rings is 2. The number of nitrogens with two attached hydrogens (primary N) is 1. The van der Waals surface area contributed by atoms with Crippen molar-refractivity contribution >= 4 is 5.69 Å². The molecule has 0 fully saturated rings. The Labute approximate surface area is 107 Å². The van der Waals surface area contributed by atoms with Gasteiger partial charge in [0, 0.05) is 0 Å². The van der Waals surface area contributed by atoms with E-state index in [1.807, 2.05) is 30.3 Å². The van der Waals surface area contributed by atoms with Crippen LogP contribution in [0.15, 0.2) is 42.5 Å². The van der Waals surface area contributed by atoms with Gasteiger partial charge in [0.25, 0.3) is 0 Å². The first-order valence-corrected chi connectivity index (χ1v) is 5.79. The first kappa shape index (κ1) is 12.3. The Morgan fingerprint density at radius 1 is 0.944 bits per heavy atom. The molecule has 0 amide bonds. The van der Waals surface area contributed by atoms with Crippen molar-refractivity contribution in [2.24, 2.45) is 0 Å². The van der Waals surface area contributed by atoms with Gasteiger partial charge in [-0.3, -0.25) is 0 Å². The van der Waals surface area contributed by atoms with Crippen LogP contribution < -0.4 is 15.2 Å². The summed E-state index contributed by atoms with van der Waals surface area (Å²) in [6.07, 6.45) is 0.785. The maximum atomic E-state index is 6.11. The summed E-state index contributed by atoms with van der Waals surface area (Å²) in [5.41, 5.74) is 9.01. The molecule has 2 rings (SSSR count). The van der Waals surface area contributed by atoms with E-state index in [1.165, 1.54) is 5.56 Å². The Hall–Kier alpha value is -2.16. The topological polar surface area (TPSA) is 44.5 Å². The predicted molar refractivity (Wildman–Crippen MR) is 73.2 cm³/mol. The average Bonchev–Trinajstić information content (AvgIpc) is 2.42. The van der Waals surface area contributed by atoms with Gasteiger partial charge in [0.1, 0.15) is 0 Å². The maximum Gasteiger partial charge on any atom is 0.184 e. The molecule has 0 aromatic heterocycles. The molecule has 18 heavy (non-hydrogen) atoms. The summed E-state index contributed by atoms with van der Waals surface area (Å²) < 4.78 is 10.5. The normalized spacial score (nSPS) is 10.1. The van der Waals surface area contributed by atoms with Crippen molar-refractivity contribution in [1.29, 1.82) is 0 Å². The molecule has 0 aliphatic carbocycles. The van der Waals surface area contributed by atoms with Crippen LogP contribution in [0.5, 0.6) is 11.5 Å². The molecule has 0 spiro atoms. The van der Waals surface area contributed by atoms with Gasteiger partial charge in [0.15, 0.2) is 11.5 Å². The minimum atomic E-state index is 0.603. The molecule has 2 N–H and O–H groups in total. The van der Waals surface area contributed by atoms with Gasteiger partial charge in [-0.25, -0.2) is 0 Å². The van der Waals surface area contributed by atoms with Gasteiger partial charge in [-0.05, 0) is 23.6 Å². The standard InChI is InChI=1S/C15H17NO2/c1-17-13-9-8-12(14(16)15(13)18-2)10-11-6-4-3-5-7-11/h3-9H,10,16H2,1-2H3. The lowest BCUT2D eigenvalue weighted by Gasteiger charge is -2.13. The van der Waals surface area contributed by atoms with E-state index in [4.69, 9.17) is 15.2 Å². The second-order valence-corrected chi connectivity index (χ2v) is 4.04. The quantitative estimate of drug-likeness (QED) is 0.840. The van der Waals surface area contributed by atoms with Crippen LogP contribution in [0.2, 0.25) is 0 Å². The molecule has 0 atom stereocenters. The minimum absolute atomic E-state index is 0.603. The molecular formula is C15H17NO2. The highest BCUT2D eigenvalue weighted by Crippen LogP contribution is 2.36. The van der Waals surface area contributed by atoms with E-state index in [-0.39, 0.29) is 0 Å². The summed E-state index contributed by atoms with van der Waals surface area (Å²) in [5.74, 6) is 1.26. The summed E-state index contributed by atoms with van der Waals surface area (Å²) in [7, 11) is 3.20. The molecule has 2 aromatic rings. The molecule has 94 valence electrons. The number of nitrogen functional groups attached to an aromatic ring is 1. The van der Waals surface area contributed by atoms with Crippen LogP contribution in [0.25, 0.3) is 0 Å². The van der Waals surface area contributed by atoms with Crippen molar-refractivity contribution in [3.63, 3.8) is 0 Å². The summed E-state index contributed by atoms with van der Waals surface area (Å²) in [6, 6.07) is 14.1. The van der Waals surface area contributed by atoms with Crippen molar-refractivity contribution in [2.75, 3.05) is 20.0 Å². The van der Waals surface area contributed by atoms with Crippen LogP contribution in [0, 0.1) is 0 Å². The van der Waals surface area contributed by atoms with Crippen molar-refractivity contribution in [3.05, 3.63) is 53.6 Å². The monoisotopic (exact) mass is 243 g/mol. The van der Waals surface area contributed by atoms with E-state index >= 15 is 0 Å². The summed E-state index contributed by atoms with van der Waals surface area (Å²) in [4.78, 5) is 0. The highest BCUT2D eigenvalue weighted by Gasteiger charge is 2.12. The number of methoxy groups -OCH3 is 2. The molecule has 3 heteroatoms. The van der Waals surface area contributed by atoms with E-state index in [1.54, 1.807) is 14.2 Å². The molecule has 0 saturated heterocycles. The Balaban J connectivity index is 2.35. The fourth-order valence-electron chi connectivity index (χ4n) is 1.96. The highest BCUT2D eigenvalue weighted by molar-refractivity contribution is 5.65. The van der Waals surface area contributed by atoms with Gasteiger partial charge >= 0.3 is 0 Å². The third-order valence-corrected chi connectivity index (χ3v) is 2.91. The first-order valence-electron chi connectivity index (χ1n) is 5.79. The molecule has 3 nitrogen and oxygen atoms in total. The third-order valence-electron chi connectivity index (χ3n) is 2.91. The van der Waals surface area contributed by atoms with E-state index < -0.39 is 0 Å². The van der Waals surface area contributed by atoms with Gasteiger partial charge in [-0.15, -0.1) is 0 Å². The molecule has 0 aliphatic rings. The van der Waals surface area contributed by atoms with E-state index in [0.717, 1.165) is 12.0 Å². The molecule has 0 unspecified atom stereocenters. The van der Waals surface area contributed by atoms with Crippen molar-refractivity contribution < 1.29 is 9.47 Å². The number of ether oxygens (including phenoxy) is 2. The second kappa shape index (κ2) is 5.45. The third kappa shape index (κ3) is 2.40. The second-order valence-electron chi connectivity index (χ2n) is 4.04. The van der Waals surface area contributed by atoms with Gasteiger partial charge < -0.3 is 15.2 Å². The predicted octanol–water partition coefficient (Wildman–Crippen LogP) is 2.88. The molecular weight excluding hydrogens is 226 g/mol. The van der Waals surface area contributed by atoms with E-state index in [2.05, 4.69) is 12.1 Å². The number of hydrogen-bond donors (Lipinski definition) is 1. The van der Waals surface area contributed by atoms with Crippen LogP contribution in [-0.4, -0.2) is 14.2 Å². The fraction of sp³-hybridized carbons (Fsp3) is 0.200. The zero-order valence-electron chi connectivity index (χ0n) is 10.6. The number of rotatable bonds is 4. The zero-order valence-corrected chi connectivity index (χ0v) is 10.6. The smallest absolute Gasteiger partial charge is 0.184 e. The highest BCUT2D eigenvalue weighted by atomic mass is 16.5. The molecule has 2 aromatic carbocycles. The fourth-order valence-corrected chi connectivity index (χ4v) is 1.96. The van der Waals surface area contributed by atoms with E-state index in [9.17, 15) is 0 Å². The zero-order chi connectivity index (χ0) is 13.0. The van der Waals surface area contributed by atoms with Gasteiger partial charge in [-0.1, -0.05) is 36.4 Å². The maximum absolute atomic E-state index is 6.11. The van der Waals surface area contributed by atoms with Crippen LogP contribution >= 0.6 is 0 Å². The largest absolute Gasteiger partial charge is 0.493 e. The Kier molecular flexibility index (Phi) is 3.72. The lowest BCUT2D eigenvalue weighted by Crippen LogP contribution is -2.01. The van der Waals surface area contributed by atoms with Gasteiger partial charge in [0.2, 0.25) is 0 Å². The van der Waals surface area contributed by atoms with Crippen molar-refractivity contribution in [2.45, 2.75) is 6.42 Å². The van der Waals surface area contributed by atoms with Gasteiger partial charge in [0.05, 0.1) is 19.9 Å². The van der Waals surface area contributed by atoms with Crippen LogP contribution in [0.4, 0.5) is 5.69 Å². The molecule has 0 aliphatic heterocycles. The average molecular weight is 243 g/mol. The Bertz CT molecular complexity index is 524. The van der Waals surface area contributed by atoms with Crippen LogP contribution in [0.3, 0.4) is 0 Å². The molecule has 0 bridgehead atoms. The SMILES string of the molecule is COc1ccc(Cc2ccccc2)c(N)c1OC. The lowest BCUT2D eigenvalue weighted by molar-refractivity contribution is 0.356. The minimum Gasteiger partial charge on any atom is -0.493 e. The van der Waals surface area contributed by atoms with E-state index in [0.29, 0.717) is 17.2 Å². The summed E-state index contributed by atoms with van der Waals surface area (Å²) in [5, 5.41) is 0. The van der Waals surface area contributed by atoms with Crippen LogP contribution in [-0.2, 0) is 6.42 Å². The first-order chi connectivity index (χ1) is 8.76. The summed E-state index contributed by atoms with van der Waals surface area (Å²) in [6.45, 7) is 0. The lowest BCUT2D eigenvalue weighted by atomic mass is 10.0.